The summed E-state index contributed by atoms with van der Waals surface area (Å²) in [7, 11) is 0. The van der Waals surface area contributed by atoms with Crippen LogP contribution in [-0.2, 0) is 6.54 Å². The molecule has 0 bridgehead atoms. The summed E-state index contributed by atoms with van der Waals surface area (Å²) < 4.78 is 19.2. The molecule has 1 saturated carbocycles. The van der Waals surface area contributed by atoms with Gasteiger partial charge in [0.25, 0.3) is 0 Å². The summed E-state index contributed by atoms with van der Waals surface area (Å²) in [6.07, 6.45) is 2.44. The first kappa shape index (κ1) is 18.5. The fourth-order valence-corrected chi connectivity index (χ4v) is 2.87. The van der Waals surface area contributed by atoms with Crippen molar-refractivity contribution in [2.75, 3.05) is 0 Å². The number of nitrogens with zero attached hydrogens (tertiary/aromatic N) is 1. The van der Waals surface area contributed by atoms with Crippen LogP contribution in [0.25, 0.3) is 0 Å². The number of hydrogen-bond donors (Lipinski definition) is 2. The van der Waals surface area contributed by atoms with Crippen molar-refractivity contribution in [2.45, 2.75) is 44.9 Å². The van der Waals surface area contributed by atoms with E-state index in [0.717, 1.165) is 17.5 Å². The van der Waals surface area contributed by atoms with Crippen LogP contribution in [0.15, 0.2) is 36.5 Å². The average molecular weight is 378 g/mol. The molecule has 5 nitrogen and oxygen atoms in total. The third-order valence-corrected chi connectivity index (χ3v) is 4.42. The molecule has 2 aromatic rings. The number of ether oxygens (including phenoxy) is 1. The van der Waals surface area contributed by atoms with Gasteiger partial charge in [-0.1, -0.05) is 23.7 Å². The highest BCUT2D eigenvalue weighted by molar-refractivity contribution is 6.30. The van der Waals surface area contributed by atoms with Crippen LogP contribution >= 0.6 is 11.6 Å². The summed E-state index contributed by atoms with van der Waals surface area (Å²) in [4.78, 5) is 16.3. The van der Waals surface area contributed by atoms with Crippen molar-refractivity contribution in [3.8, 4) is 5.88 Å². The summed E-state index contributed by atoms with van der Waals surface area (Å²) in [6, 6.07) is 8.15. The van der Waals surface area contributed by atoms with E-state index in [1.807, 2.05) is 19.9 Å². The van der Waals surface area contributed by atoms with Crippen molar-refractivity contribution < 1.29 is 13.9 Å². The number of benzene rings is 1. The maximum atomic E-state index is 13.5. The van der Waals surface area contributed by atoms with Gasteiger partial charge in [0.2, 0.25) is 5.88 Å². The molecule has 1 heterocycles. The molecule has 0 unspecified atom stereocenters. The molecule has 0 aliphatic heterocycles. The second-order valence-corrected chi connectivity index (χ2v) is 6.99. The fourth-order valence-electron chi connectivity index (χ4n) is 2.75. The summed E-state index contributed by atoms with van der Waals surface area (Å²) in [5, 5.41) is 5.82. The van der Waals surface area contributed by atoms with Gasteiger partial charge in [-0.25, -0.2) is 14.2 Å². The zero-order valence-electron chi connectivity index (χ0n) is 14.6. The molecule has 0 saturated heterocycles. The SMILES string of the molecule is CC(C)Oc1ncccc1CNC(=O)N[C@@H]1C[C@H]1c1ccc(Cl)c(F)c1. The van der Waals surface area contributed by atoms with Crippen molar-refractivity contribution in [3.05, 3.63) is 58.5 Å². The molecule has 7 heteroatoms. The van der Waals surface area contributed by atoms with Crippen LogP contribution in [0.4, 0.5) is 9.18 Å². The van der Waals surface area contributed by atoms with Crippen LogP contribution in [0.2, 0.25) is 5.02 Å². The molecule has 1 aromatic carbocycles. The van der Waals surface area contributed by atoms with Gasteiger partial charge in [0, 0.05) is 30.3 Å². The Hall–Kier alpha value is -2.34. The summed E-state index contributed by atoms with van der Waals surface area (Å²) in [5.41, 5.74) is 1.65. The van der Waals surface area contributed by atoms with E-state index in [2.05, 4.69) is 15.6 Å². The number of urea groups is 1. The molecule has 1 fully saturated rings. The Morgan fingerprint density at radius 1 is 1.42 bits per heavy atom. The Morgan fingerprint density at radius 2 is 2.23 bits per heavy atom. The van der Waals surface area contributed by atoms with Gasteiger partial charge in [-0.05, 0) is 44.0 Å². The quantitative estimate of drug-likeness (QED) is 0.799. The van der Waals surface area contributed by atoms with Gasteiger partial charge >= 0.3 is 6.03 Å². The van der Waals surface area contributed by atoms with E-state index in [1.165, 1.54) is 6.07 Å². The lowest BCUT2D eigenvalue weighted by molar-refractivity contribution is 0.228. The lowest BCUT2D eigenvalue weighted by atomic mass is 10.1. The minimum absolute atomic E-state index is 0.00383. The number of hydrogen-bond acceptors (Lipinski definition) is 3. The Labute approximate surface area is 156 Å². The van der Waals surface area contributed by atoms with Crippen molar-refractivity contribution in [1.82, 2.24) is 15.6 Å². The standard InChI is InChI=1S/C19H21ClFN3O2/c1-11(2)26-18-13(4-3-7-22-18)10-23-19(25)24-17-9-14(17)12-5-6-15(20)16(21)8-12/h3-8,11,14,17H,9-10H2,1-2H3,(H2,23,24,25)/t14-,17+/m0/s1. The molecule has 0 radical (unpaired) electrons. The fraction of sp³-hybridized carbons (Fsp3) is 0.368. The van der Waals surface area contributed by atoms with E-state index in [4.69, 9.17) is 16.3 Å². The molecule has 3 rings (SSSR count). The molecule has 1 aromatic heterocycles. The topological polar surface area (TPSA) is 63.2 Å². The molecule has 1 aliphatic rings. The number of rotatable bonds is 6. The van der Waals surface area contributed by atoms with Gasteiger partial charge in [0.1, 0.15) is 5.82 Å². The number of halogens is 2. The highest BCUT2D eigenvalue weighted by Gasteiger charge is 2.39. The second kappa shape index (κ2) is 7.91. The zero-order chi connectivity index (χ0) is 18.7. The van der Waals surface area contributed by atoms with E-state index in [1.54, 1.807) is 24.4 Å². The lowest BCUT2D eigenvalue weighted by Gasteiger charge is -2.13. The zero-order valence-corrected chi connectivity index (χ0v) is 15.4. The molecule has 1 aliphatic carbocycles. The third-order valence-electron chi connectivity index (χ3n) is 4.12. The average Bonchev–Trinajstić information content (AvgIpc) is 3.35. The first-order valence-electron chi connectivity index (χ1n) is 8.54. The molecule has 0 spiro atoms. The van der Waals surface area contributed by atoms with Crippen molar-refractivity contribution in [3.63, 3.8) is 0 Å². The minimum atomic E-state index is -0.437. The highest BCUT2D eigenvalue weighted by atomic mass is 35.5. The predicted octanol–water partition coefficient (Wildman–Crippen LogP) is 4.02. The highest BCUT2D eigenvalue weighted by Crippen LogP contribution is 2.41. The van der Waals surface area contributed by atoms with Crippen molar-refractivity contribution in [1.29, 1.82) is 0 Å². The van der Waals surface area contributed by atoms with Crippen LogP contribution in [0, 0.1) is 5.82 Å². The Bertz CT molecular complexity index is 800. The molecular formula is C19H21ClFN3O2. The normalized spacial score (nSPS) is 18.5. The molecule has 2 N–H and O–H groups in total. The first-order valence-corrected chi connectivity index (χ1v) is 8.91. The van der Waals surface area contributed by atoms with Gasteiger partial charge < -0.3 is 15.4 Å². The number of carbonyl (C=O) groups excluding carboxylic acids is 1. The van der Waals surface area contributed by atoms with Gasteiger partial charge in [-0.2, -0.15) is 0 Å². The summed E-state index contributed by atoms with van der Waals surface area (Å²) >= 11 is 5.70. The van der Waals surface area contributed by atoms with E-state index in [-0.39, 0.29) is 29.1 Å². The van der Waals surface area contributed by atoms with E-state index < -0.39 is 5.82 Å². The molecule has 2 atom stereocenters. The van der Waals surface area contributed by atoms with Crippen LogP contribution < -0.4 is 15.4 Å². The summed E-state index contributed by atoms with van der Waals surface area (Å²) in [6.45, 7) is 4.16. The van der Waals surface area contributed by atoms with Gasteiger partial charge in [-0.15, -0.1) is 0 Å². The number of amides is 2. The molecule has 138 valence electrons. The van der Waals surface area contributed by atoms with E-state index in [0.29, 0.717) is 12.4 Å². The van der Waals surface area contributed by atoms with Crippen LogP contribution in [0.3, 0.4) is 0 Å². The Balaban J connectivity index is 1.51. The van der Waals surface area contributed by atoms with Crippen LogP contribution in [0.1, 0.15) is 37.3 Å². The minimum Gasteiger partial charge on any atom is -0.475 e. The van der Waals surface area contributed by atoms with Crippen LogP contribution in [0.5, 0.6) is 5.88 Å². The number of nitrogens with one attached hydrogen (secondary N) is 2. The van der Waals surface area contributed by atoms with Gasteiger partial charge in [0.15, 0.2) is 0 Å². The maximum Gasteiger partial charge on any atom is 0.315 e. The Kier molecular flexibility index (Phi) is 5.61. The van der Waals surface area contributed by atoms with E-state index in [9.17, 15) is 9.18 Å². The monoisotopic (exact) mass is 377 g/mol. The Morgan fingerprint density at radius 3 is 2.96 bits per heavy atom. The second-order valence-electron chi connectivity index (χ2n) is 6.58. The van der Waals surface area contributed by atoms with Gasteiger partial charge in [-0.3, -0.25) is 0 Å². The van der Waals surface area contributed by atoms with Gasteiger partial charge in [0.05, 0.1) is 11.1 Å². The van der Waals surface area contributed by atoms with Crippen LogP contribution in [-0.4, -0.2) is 23.2 Å². The van der Waals surface area contributed by atoms with Crippen molar-refractivity contribution in [2.24, 2.45) is 0 Å². The third kappa shape index (κ3) is 4.64. The number of carbonyl (C=O) groups is 1. The smallest absolute Gasteiger partial charge is 0.315 e. The summed E-state index contributed by atoms with van der Waals surface area (Å²) in [5.74, 6) is 0.197. The lowest BCUT2D eigenvalue weighted by Crippen LogP contribution is -2.37. The number of pyridine rings is 1. The number of aromatic nitrogens is 1. The molecule has 26 heavy (non-hydrogen) atoms. The molecule has 2 amide bonds. The molecular weight excluding hydrogens is 357 g/mol. The largest absolute Gasteiger partial charge is 0.475 e. The van der Waals surface area contributed by atoms with Crippen molar-refractivity contribution >= 4 is 17.6 Å². The van der Waals surface area contributed by atoms with E-state index >= 15 is 0 Å². The maximum absolute atomic E-state index is 13.5. The first-order chi connectivity index (χ1) is 12.4. The predicted molar refractivity (Wildman–Crippen MR) is 97.9 cm³/mol.